The summed E-state index contributed by atoms with van der Waals surface area (Å²) < 4.78 is 5.68. The van der Waals surface area contributed by atoms with Gasteiger partial charge in [0.25, 0.3) is 5.91 Å². The molecule has 4 rings (SSSR count). The van der Waals surface area contributed by atoms with Crippen molar-refractivity contribution < 1.29 is 9.53 Å². The Balaban J connectivity index is 1.41. The zero-order chi connectivity index (χ0) is 15.6. The Kier molecular flexibility index (Phi) is 3.42. The molecule has 1 aromatic heterocycles. The van der Waals surface area contributed by atoms with Crippen LogP contribution in [0.2, 0.25) is 0 Å². The molecule has 1 amide bonds. The van der Waals surface area contributed by atoms with Gasteiger partial charge in [-0.05, 0) is 34.5 Å². The van der Waals surface area contributed by atoms with Gasteiger partial charge in [0, 0.05) is 12.7 Å². The standard InChI is InChI=1S/C19H16N2O2/c22-19(21-11-16-6-3-9-20-18(16)12-21)13-23-17-8-7-14-4-1-2-5-15(14)10-17/h1-10H,11-13H2. The van der Waals surface area contributed by atoms with Crippen LogP contribution in [0.4, 0.5) is 0 Å². The molecule has 1 aliphatic rings. The Morgan fingerprint density at radius 1 is 1.04 bits per heavy atom. The van der Waals surface area contributed by atoms with E-state index in [2.05, 4.69) is 11.1 Å². The Bertz CT molecular complexity index is 851. The van der Waals surface area contributed by atoms with Crippen LogP contribution >= 0.6 is 0 Å². The Hall–Kier alpha value is -2.88. The molecule has 0 fully saturated rings. The second-order valence-electron chi connectivity index (χ2n) is 5.66. The first kappa shape index (κ1) is 13.8. The summed E-state index contributed by atoms with van der Waals surface area (Å²) in [6, 6.07) is 17.9. The van der Waals surface area contributed by atoms with Gasteiger partial charge in [-0.1, -0.05) is 36.4 Å². The Labute approximate surface area is 134 Å². The van der Waals surface area contributed by atoms with E-state index < -0.39 is 0 Å². The molecule has 0 spiro atoms. The molecule has 0 N–H and O–H groups in total. The number of fused-ring (bicyclic) bond motifs is 2. The maximum atomic E-state index is 12.3. The van der Waals surface area contributed by atoms with E-state index in [0.717, 1.165) is 22.0 Å². The first-order valence-corrected chi connectivity index (χ1v) is 7.62. The minimum Gasteiger partial charge on any atom is -0.484 e. The average Bonchev–Trinajstić information content (AvgIpc) is 3.04. The molecule has 114 valence electrons. The lowest BCUT2D eigenvalue weighted by atomic mass is 10.1. The van der Waals surface area contributed by atoms with Crippen LogP contribution < -0.4 is 4.74 Å². The second-order valence-corrected chi connectivity index (χ2v) is 5.66. The van der Waals surface area contributed by atoms with Gasteiger partial charge in [0.05, 0.1) is 12.2 Å². The van der Waals surface area contributed by atoms with Crippen LogP contribution in [0.15, 0.2) is 60.8 Å². The zero-order valence-corrected chi connectivity index (χ0v) is 12.6. The summed E-state index contributed by atoms with van der Waals surface area (Å²) >= 11 is 0. The van der Waals surface area contributed by atoms with E-state index in [0.29, 0.717) is 18.8 Å². The van der Waals surface area contributed by atoms with Crippen LogP contribution in [0.3, 0.4) is 0 Å². The lowest BCUT2D eigenvalue weighted by molar-refractivity contribution is -0.134. The molecular formula is C19H16N2O2. The van der Waals surface area contributed by atoms with Crippen molar-refractivity contribution in [3.8, 4) is 5.75 Å². The molecule has 0 radical (unpaired) electrons. The topological polar surface area (TPSA) is 42.4 Å². The van der Waals surface area contributed by atoms with Crippen molar-refractivity contribution in [3.05, 3.63) is 72.1 Å². The molecule has 4 heteroatoms. The van der Waals surface area contributed by atoms with Crippen molar-refractivity contribution in [2.75, 3.05) is 6.61 Å². The third-order valence-electron chi connectivity index (χ3n) is 4.12. The first-order valence-electron chi connectivity index (χ1n) is 7.62. The average molecular weight is 304 g/mol. The molecule has 0 bridgehead atoms. The lowest BCUT2D eigenvalue weighted by Crippen LogP contribution is -2.30. The van der Waals surface area contributed by atoms with E-state index in [9.17, 15) is 4.79 Å². The van der Waals surface area contributed by atoms with E-state index in [1.807, 2.05) is 48.5 Å². The summed E-state index contributed by atoms with van der Waals surface area (Å²) in [4.78, 5) is 18.4. The number of aromatic nitrogens is 1. The summed E-state index contributed by atoms with van der Waals surface area (Å²) in [5.74, 6) is 0.697. The van der Waals surface area contributed by atoms with Gasteiger partial charge in [0.2, 0.25) is 0 Å². The molecule has 0 saturated carbocycles. The highest BCUT2D eigenvalue weighted by atomic mass is 16.5. The highest BCUT2D eigenvalue weighted by Gasteiger charge is 2.24. The molecule has 2 heterocycles. The summed E-state index contributed by atoms with van der Waals surface area (Å²) in [5, 5.41) is 2.27. The predicted molar refractivity (Wildman–Crippen MR) is 87.9 cm³/mol. The number of nitrogens with zero attached hydrogens (tertiary/aromatic N) is 2. The van der Waals surface area contributed by atoms with Crippen LogP contribution in [0, 0.1) is 0 Å². The quantitative estimate of drug-likeness (QED) is 0.746. The highest BCUT2D eigenvalue weighted by Crippen LogP contribution is 2.22. The molecule has 4 nitrogen and oxygen atoms in total. The molecule has 1 aliphatic heterocycles. The van der Waals surface area contributed by atoms with E-state index in [-0.39, 0.29) is 12.5 Å². The SMILES string of the molecule is O=C(COc1ccc2ccccc2c1)N1Cc2cccnc2C1. The fourth-order valence-electron chi connectivity index (χ4n) is 2.87. The van der Waals surface area contributed by atoms with E-state index in [1.165, 1.54) is 0 Å². The fourth-order valence-corrected chi connectivity index (χ4v) is 2.87. The largest absolute Gasteiger partial charge is 0.484 e. The minimum atomic E-state index is -0.0174. The Morgan fingerprint density at radius 2 is 1.91 bits per heavy atom. The number of benzene rings is 2. The van der Waals surface area contributed by atoms with Gasteiger partial charge in [0.1, 0.15) is 5.75 Å². The van der Waals surface area contributed by atoms with Crippen LogP contribution in [-0.2, 0) is 17.9 Å². The summed E-state index contributed by atoms with van der Waals surface area (Å²) in [7, 11) is 0. The predicted octanol–water partition coefficient (Wildman–Crippen LogP) is 3.16. The van der Waals surface area contributed by atoms with Gasteiger partial charge in [-0.25, -0.2) is 0 Å². The number of amides is 1. The Morgan fingerprint density at radius 3 is 2.78 bits per heavy atom. The summed E-state index contributed by atoms with van der Waals surface area (Å²) in [6.45, 7) is 1.23. The number of pyridine rings is 1. The monoisotopic (exact) mass is 304 g/mol. The highest BCUT2D eigenvalue weighted by molar-refractivity contribution is 5.84. The summed E-state index contributed by atoms with van der Waals surface area (Å²) in [6.07, 6.45) is 1.76. The molecule has 0 unspecified atom stereocenters. The van der Waals surface area contributed by atoms with Crippen molar-refractivity contribution >= 4 is 16.7 Å². The lowest BCUT2D eigenvalue weighted by Gasteiger charge is -2.15. The molecule has 0 saturated heterocycles. The maximum absolute atomic E-state index is 12.3. The molecule has 23 heavy (non-hydrogen) atoms. The number of hydrogen-bond donors (Lipinski definition) is 0. The minimum absolute atomic E-state index is 0.0174. The summed E-state index contributed by atoms with van der Waals surface area (Å²) in [5.41, 5.74) is 2.10. The van der Waals surface area contributed by atoms with Gasteiger partial charge >= 0.3 is 0 Å². The second kappa shape index (κ2) is 5.72. The molecule has 0 atom stereocenters. The normalized spacial score (nSPS) is 13.1. The molecule has 2 aromatic carbocycles. The van der Waals surface area contributed by atoms with Crippen molar-refractivity contribution in [2.24, 2.45) is 0 Å². The van der Waals surface area contributed by atoms with Gasteiger partial charge in [0.15, 0.2) is 6.61 Å². The van der Waals surface area contributed by atoms with Crippen molar-refractivity contribution in [2.45, 2.75) is 13.1 Å². The third kappa shape index (κ3) is 2.75. The van der Waals surface area contributed by atoms with Crippen LogP contribution in [0.5, 0.6) is 5.75 Å². The zero-order valence-electron chi connectivity index (χ0n) is 12.6. The molecule has 0 aliphatic carbocycles. The van der Waals surface area contributed by atoms with Crippen molar-refractivity contribution in [1.82, 2.24) is 9.88 Å². The van der Waals surface area contributed by atoms with Gasteiger partial charge in [-0.2, -0.15) is 0 Å². The van der Waals surface area contributed by atoms with E-state index in [1.54, 1.807) is 11.1 Å². The van der Waals surface area contributed by atoms with Gasteiger partial charge in [-0.3, -0.25) is 9.78 Å². The fraction of sp³-hybridized carbons (Fsp3) is 0.158. The van der Waals surface area contributed by atoms with Crippen molar-refractivity contribution in [3.63, 3.8) is 0 Å². The molecule has 3 aromatic rings. The van der Waals surface area contributed by atoms with Gasteiger partial charge in [-0.15, -0.1) is 0 Å². The number of carbonyl (C=O) groups is 1. The smallest absolute Gasteiger partial charge is 0.261 e. The van der Waals surface area contributed by atoms with Crippen LogP contribution in [-0.4, -0.2) is 22.4 Å². The van der Waals surface area contributed by atoms with Gasteiger partial charge < -0.3 is 9.64 Å². The van der Waals surface area contributed by atoms with Crippen LogP contribution in [0.25, 0.3) is 10.8 Å². The molecular weight excluding hydrogens is 288 g/mol. The first-order chi connectivity index (χ1) is 11.3. The van der Waals surface area contributed by atoms with Crippen LogP contribution in [0.1, 0.15) is 11.3 Å². The number of hydrogen-bond acceptors (Lipinski definition) is 3. The number of carbonyl (C=O) groups excluding carboxylic acids is 1. The third-order valence-corrected chi connectivity index (χ3v) is 4.12. The van der Waals surface area contributed by atoms with E-state index >= 15 is 0 Å². The number of rotatable bonds is 3. The maximum Gasteiger partial charge on any atom is 0.261 e. The number of ether oxygens (including phenoxy) is 1. The van der Waals surface area contributed by atoms with Crippen molar-refractivity contribution in [1.29, 1.82) is 0 Å². The van der Waals surface area contributed by atoms with E-state index in [4.69, 9.17) is 4.74 Å².